The SMILES string of the molecule is CCc1ccccc1N=C1S/C(=C/c2cc(I)c(OCc3ccccc3)c(I)c2)C(=O)N1C. The van der Waals surface area contributed by atoms with Gasteiger partial charge in [-0.3, -0.25) is 9.69 Å². The number of benzene rings is 3. The van der Waals surface area contributed by atoms with Crippen LogP contribution in [0, 0.1) is 7.14 Å². The average molecular weight is 680 g/mol. The van der Waals surface area contributed by atoms with Crippen molar-refractivity contribution < 1.29 is 9.53 Å². The molecule has 1 aliphatic heterocycles. The van der Waals surface area contributed by atoms with Gasteiger partial charge in [-0.2, -0.15) is 0 Å². The molecule has 3 aromatic rings. The van der Waals surface area contributed by atoms with Crippen LogP contribution in [0.4, 0.5) is 5.69 Å². The molecule has 0 N–H and O–H groups in total. The van der Waals surface area contributed by atoms with Crippen molar-refractivity contribution in [2.45, 2.75) is 20.0 Å². The van der Waals surface area contributed by atoms with Gasteiger partial charge in [-0.05, 0) is 104 Å². The summed E-state index contributed by atoms with van der Waals surface area (Å²) in [5, 5.41) is 0.694. The second-order valence-electron chi connectivity index (χ2n) is 7.44. The van der Waals surface area contributed by atoms with E-state index >= 15 is 0 Å². The molecule has 7 heteroatoms. The molecular weight excluding hydrogens is 658 g/mol. The zero-order valence-corrected chi connectivity index (χ0v) is 23.3. The van der Waals surface area contributed by atoms with E-state index in [-0.39, 0.29) is 5.91 Å². The van der Waals surface area contributed by atoms with Crippen LogP contribution in [0.1, 0.15) is 23.6 Å². The van der Waals surface area contributed by atoms with Crippen molar-refractivity contribution in [2.24, 2.45) is 4.99 Å². The molecule has 4 rings (SSSR count). The molecule has 1 amide bonds. The van der Waals surface area contributed by atoms with Gasteiger partial charge in [0.05, 0.1) is 17.7 Å². The number of carbonyl (C=O) groups excluding carboxylic acids is 1. The first-order chi connectivity index (χ1) is 16.0. The number of halogens is 2. The van der Waals surface area contributed by atoms with E-state index in [1.807, 2.05) is 54.6 Å². The van der Waals surface area contributed by atoms with E-state index in [9.17, 15) is 4.79 Å². The maximum atomic E-state index is 12.9. The minimum atomic E-state index is -0.0397. The molecule has 0 atom stereocenters. The van der Waals surface area contributed by atoms with Crippen molar-refractivity contribution >= 4 is 79.8 Å². The molecule has 3 aromatic carbocycles. The van der Waals surface area contributed by atoms with E-state index in [0.29, 0.717) is 16.7 Å². The molecule has 4 nitrogen and oxygen atoms in total. The lowest BCUT2D eigenvalue weighted by molar-refractivity contribution is -0.121. The summed E-state index contributed by atoms with van der Waals surface area (Å²) in [6.07, 6.45) is 2.83. The second-order valence-corrected chi connectivity index (χ2v) is 10.8. The first kappa shape index (κ1) is 24.3. The first-order valence-electron chi connectivity index (χ1n) is 10.5. The Hall–Kier alpha value is -1.85. The third-order valence-electron chi connectivity index (χ3n) is 5.14. The van der Waals surface area contributed by atoms with E-state index in [1.54, 1.807) is 11.9 Å². The minimum Gasteiger partial charge on any atom is -0.487 e. The molecule has 33 heavy (non-hydrogen) atoms. The zero-order chi connectivity index (χ0) is 23.4. The van der Waals surface area contributed by atoms with E-state index < -0.39 is 0 Å². The minimum absolute atomic E-state index is 0.0397. The quantitative estimate of drug-likeness (QED) is 0.203. The lowest BCUT2D eigenvalue weighted by Gasteiger charge is -2.11. The van der Waals surface area contributed by atoms with Crippen LogP contribution in [0.3, 0.4) is 0 Å². The standard InChI is InChI=1S/C26H22I2N2O2S/c1-3-19-11-7-8-12-22(19)29-26-30(2)25(31)23(33-26)15-18-13-20(27)24(21(28)14-18)32-16-17-9-5-4-6-10-17/h4-15H,3,16H2,1-2H3/b23-15+,29-26?. The fourth-order valence-corrected chi connectivity index (χ4v) is 6.46. The van der Waals surface area contributed by atoms with Gasteiger partial charge in [-0.1, -0.05) is 55.5 Å². The molecule has 1 aliphatic rings. The highest BCUT2D eigenvalue weighted by molar-refractivity contribution is 14.1. The molecule has 1 saturated heterocycles. The zero-order valence-electron chi connectivity index (χ0n) is 18.2. The number of nitrogens with zero attached hydrogens (tertiary/aromatic N) is 2. The Bertz CT molecular complexity index is 1220. The Kier molecular flexibility index (Phi) is 8.13. The number of amidine groups is 1. The summed E-state index contributed by atoms with van der Waals surface area (Å²) in [5.41, 5.74) is 4.17. The number of rotatable bonds is 6. The molecule has 0 bridgehead atoms. The van der Waals surface area contributed by atoms with E-state index in [4.69, 9.17) is 9.73 Å². The highest BCUT2D eigenvalue weighted by atomic mass is 127. The predicted molar refractivity (Wildman–Crippen MR) is 154 cm³/mol. The first-order valence-corrected chi connectivity index (χ1v) is 13.4. The van der Waals surface area contributed by atoms with Crippen LogP contribution >= 0.6 is 56.9 Å². The van der Waals surface area contributed by atoms with Crippen molar-refractivity contribution in [2.75, 3.05) is 7.05 Å². The van der Waals surface area contributed by atoms with Gasteiger partial charge in [0.15, 0.2) is 5.17 Å². The summed E-state index contributed by atoms with van der Waals surface area (Å²) in [4.78, 5) is 19.9. The highest BCUT2D eigenvalue weighted by Crippen LogP contribution is 2.36. The second kappa shape index (κ2) is 11.1. The summed E-state index contributed by atoms with van der Waals surface area (Å²) >= 11 is 6.00. The Morgan fingerprint density at radius 3 is 2.39 bits per heavy atom. The number of hydrogen-bond donors (Lipinski definition) is 0. The molecule has 0 aromatic heterocycles. The summed E-state index contributed by atoms with van der Waals surface area (Å²) < 4.78 is 8.11. The van der Waals surface area contributed by atoms with Gasteiger partial charge in [-0.25, -0.2) is 4.99 Å². The average Bonchev–Trinajstić information content (AvgIpc) is 3.07. The van der Waals surface area contributed by atoms with Gasteiger partial charge < -0.3 is 4.74 Å². The molecule has 0 unspecified atom stereocenters. The number of aryl methyl sites for hydroxylation is 1. The summed E-state index contributed by atoms with van der Waals surface area (Å²) in [7, 11) is 1.78. The third-order valence-corrected chi connectivity index (χ3v) is 7.80. The summed E-state index contributed by atoms with van der Waals surface area (Å²) in [5.74, 6) is 0.824. The van der Waals surface area contributed by atoms with Crippen LogP contribution in [-0.2, 0) is 17.8 Å². The Balaban J connectivity index is 1.56. The number of carbonyl (C=O) groups is 1. The Labute approximate surface area is 225 Å². The van der Waals surface area contributed by atoms with Crippen LogP contribution in [0.5, 0.6) is 5.75 Å². The molecule has 0 radical (unpaired) electrons. The van der Waals surface area contributed by atoms with E-state index in [0.717, 1.165) is 36.1 Å². The van der Waals surface area contributed by atoms with Gasteiger partial charge in [0, 0.05) is 7.05 Å². The van der Waals surface area contributed by atoms with Gasteiger partial charge in [0.1, 0.15) is 12.4 Å². The number of hydrogen-bond acceptors (Lipinski definition) is 4. The number of ether oxygens (including phenoxy) is 1. The summed E-state index contributed by atoms with van der Waals surface area (Å²) in [6.45, 7) is 2.63. The molecule has 0 saturated carbocycles. The number of para-hydroxylation sites is 1. The monoisotopic (exact) mass is 680 g/mol. The van der Waals surface area contributed by atoms with Crippen molar-refractivity contribution in [1.29, 1.82) is 0 Å². The fraction of sp³-hybridized carbons (Fsp3) is 0.154. The smallest absolute Gasteiger partial charge is 0.266 e. The molecule has 168 valence electrons. The topological polar surface area (TPSA) is 41.9 Å². The van der Waals surface area contributed by atoms with Crippen LogP contribution < -0.4 is 4.74 Å². The van der Waals surface area contributed by atoms with Crippen molar-refractivity contribution in [3.8, 4) is 5.75 Å². The Morgan fingerprint density at radius 2 is 1.70 bits per heavy atom. The number of likely N-dealkylation sites (N-methyl/N-ethyl adjacent to an activating group) is 1. The predicted octanol–water partition coefficient (Wildman–Crippen LogP) is 7.27. The van der Waals surface area contributed by atoms with Crippen molar-refractivity contribution in [3.05, 3.63) is 95.5 Å². The van der Waals surface area contributed by atoms with Crippen LogP contribution in [0.15, 0.2) is 76.6 Å². The number of amides is 1. The van der Waals surface area contributed by atoms with Gasteiger partial charge in [0.25, 0.3) is 5.91 Å². The number of aliphatic imine (C=N–C) groups is 1. The third kappa shape index (κ3) is 5.81. The van der Waals surface area contributed by atoms with Crippen molar-refractivity contribution in [1.82, 2.24) is 4.90 Å². The van der Waals surface area contributed by atoms with Crippen LogP contribution in [0.25, 0.3) is 6.08 Å². The molecule has 0 spiro atoms. The number of thioether (sulfide) groups is 1. The maximum Gasteiger partial charge on any atom is 0.266 e. The van der Waals surface area contributed by atoms with Crippen molar-refractivity contribution in [3.63, 3.8) is 0 Å². The van der Waals surface area contributed by atoms with Crippen LogP contribution in [0.2, 0.25) is 0 Å². The van der Waals surface area contributed by atoms with Gasteiger partial charge in [0.2, 0.25) is 0 Å². The lowest BCUT2D eigenvalue weighted by atomic mass is 10.1. The lowest BCUT2D eigenvalue weighted by Crippen LogP contribution is -2.23. The highest BCUT2D eigenvalue weighted by Gasteiger charge is 2.30. The van der Waals surface area contributed by atoms with Gasteiger partial charge in [-0.15, -0.1) is 0 Å². The largest absolute Gasteiger partial charge is 0.487 e. The Morgan fingerprint density at radius 1 is 1.03 bits per heavy atom. The van der Waals surface area contributed by atoms with Crippen LogP contribution in [-0.4, -0.2) is 23.0 Å². The maximum absolute atomic E-state index is 12.9. The fourth-order valence-electron chi connectivity index (χ4n) is 3.36. The molecule has 1 fully saturated rings. The van der Waals surface area contributed by atoms with E-state index in [1.165, 1.54) is 17.3 Å². The van der Waals surface area contributed by atoms with E-state index in [2.05, 4.69) is 70.3 Å². The molecule has 0 aliphatic carbocycles. The molecule has 1 heterocycles. The summed E-state index contributed by atoms with van der Waals surface area (Å²) in [6, 6.07) is 22.3. The molecular formula is C26H22I2N2O2S. The normalized spacial score (nSPS) is 16.1. The van der Waals surface area contributed by atoms with Gasteiger partial charge >= 0.3 is 0 Å².